The van der Waals surface area contributed by atoms with Crippen LogP contribution in [0.1, 0.15) is 28.1 Å². The minimum Gasteiger partial charge on any atom is -0.493 e. The van der Waals surface area contributed by atoms with E-state index in [9.17, 15) is 13.6 Å². The quantitative estimate of drug-likeness (QED) is 0.341. The van der Waals surface area contributed by atoms with Crippen molar-refractivity contribution in [1.29, 1.82) is 0 Å². The van der Waals surface area contributed by atoms with Gasteiger partial charge in [-0.25, -0.2) is 8.78 Å². The van der Waals surface area contributed by atoms with Crippen molar-refractivity contribution in [3.05, 3.63) is 89.4 Å². The number of rotatable bonds is 9. The largest absolute Gasteiger partial charge is 0.493 e. The summed E-state index contributed by atoms with van der Waals surface area (Å²) in [6.07, 6.45) is 4.35. The van der Waals surface area contributed by atoms with Crippen LogP contribution in [0.2, 0.25) is 0 Å². The zero-order valence-corrected chi connectivity index (χ0v) is 18.0. The molecule has 1 amide bonds. The fraction of sp³-hybridized carbons (Fsp3) is 0.200. The molecule has 0 unspecified atom stereocenters. The van der Waals surface area contributed by atoms with Crippen molar-refractivity contribution in [2.75, 3.05) is 18.5 Å². The highest BCUT2D eigenvalue weighted by Gasteiger charge is 2.21. The van der Waals surface area contributed by atoms with E-state index in [-0.39, 0.29) is 11.4 Å². The van der Waals surface area contributed by atoms with Crippen LogP contribution in [0.3, 0.4) is 0 Å². The standard InChI is InChI=1S/C25H23F2N3O3/c1-16-23-21(32-12-4-11-29-15-17-5-3-10-28-14-17)6-2-7-22(23)33-24(16)25(31)30-20-9-8-18(26)13-19(20)27/h2-3,5-10,13-14,29H,4,11-12,15H2,1H3,(H,30,31). The van der Waals surface area contributed by atoms with Crippen LogP contribution in [0, 0.1) is 18.6 Å². The molecule has 33 heavy (non-hydrogen) atoms. The number of carbonyl (C=O) groups excluding carboxylic acids is 1. The van der Waals surface area contributed by atoms with Crippen molar-refractivity contribution in [2.45, 2.75) is 19.9 Å². The summed E-state index contributed by atoms with van der Waals surface area (Å²) in [7, 11) is 0. The molecule has 6 nitrogen and oxygen atoms in total. The molecule has 0 aliphatic rings. The Bertz CT molecular complexity index is 1260. The topological polar surface area (TPSA) is 76.4 Å². The number of anilines is 1. The van der Waals surface area contributed by atoms with E-state index in [0.717, 1.165) is 37.2 Å². The van der Waals surface area contributed by atoms with Crippen LogP contribution in [-0.4, -0.2) is 24.0 Å². The number of nitrogens with one attached hydrogen (secondary N) is 2. The number of amides is 1. The highest BCUT2D eigenvalue weighted by molar-refractivity contribution is 6.07. The normalized spacial score (nSPS) is 11.0. The third kappa shape index (κ3) is 5.35. The smallest absolute Gasteiger partial charge is 0.291 e. The van der Waals surface area contributed by atoms with Crippen molar-refractivity contribution in [3.63, 3.8) is 0 Å². The zero-order chi connectivity index (χ0) is 23.2. The van der Waals surface area contributed by atoms with E-state index in [0.29, 0.717) is 35.0 Å². The van der Waals surface area contributed by atoms with Crippen LogP contribution < -0.4 is 15.4 Å². The van der Waals surface area contributed by atoms with Crippen LogP contribution >= 0.6 is 0 Å². The molecule has 0 spiro atoms. The summed E-state index contributed by atoms with van der Waals surface area (Å²) in [6.45, 7) is 3.72. The molecule has 2 aromatic heterocycles. The second-order valence-corrected chi connectivity index (χ2v) is 7.50. The predicted octanol–water partition coefficient (Wildman–Crippen LogP) is 5.23. The van der Waals surface area contributed by atoms with Crippen molar-refractivity contribution in [2.24, 2.45) is 0 Å². The highest BCUT2D eigenvalue weighted by atomic mass is 19.1. The lowest BCUT2D eigenvalue weighted by molar-refractivity contribution is 0.0997. The van der Waals surface area contributed by atoms with Gasteiger partial charge in [0.25, 0.3) is 5.91 Å². The first-order valence-electron chi connectivity index (χ1n) is 10.5. The molecular formula is C25H23F2N3O3. The molecule has 0 aliphatic carbocycles. The fourth-order valence-corrected chi connectivity index (χ4v) is 3.49. The Balaban J connectivity index is 1.39. The van der Waals surface area contributed by atoms with Gasteiger partial charge in [-0.15, -0.1) is 0 Å². The van der Waals surface area contributed by atoms with E-state index >= 15 is 0 Å². The molecular weight excluding hydrogens is 428 g/mol. The molecule has 4 rings (SSSR count). The van der Waals surface area contributed by atoms with Crippen LogP contribution in [0.25, 0.3) is 11.0 Å². The number of nitrogens with zero attached hydrogens (tertiary/aromatic N) is 1. The zero-order valence-electron chi connectivity index (χ0n) is 18.0. The lowest BCUT2D eigenvalue weighted by Crippen LogP contribution is -2.17. The summed E-state index contributed by atoms with van der Waals surface area (Å²) in [5, 5.41) is 6.45. The number of fused-ring (bicyclic) bond motifs is 1. The highest BCUT2D eigenvalue weighted by Crippen LogP contribution is 2.33. The van der Waals surface area contributed by atoms with E-state index in [1.54, 1.807) is 25.3 Å². The Hall–Kier alpha value is -3.78. The minimum absolute atomic E-state index is 0.0444. The van der Waals surface area contributed by atoms with Crippen molar-refractivity contribution in [3.8, 4) is 5.75 Å². The number of halogens is 2. The average molecular weight is 451 g/mol. The van der Waals surface area contributed by atoms with Gasteiger partial charge in [0, 0.05) is 30.6 Å². The van der Waals surface area contributed by atoms with Gasteiger partial charge >= 0.3 is 0 Å². The van der Waals surface area contributed by atoms with Gasteiger partial charge in [-0.3, -0.25) is 9.78 Å². The molecule has 2 heterocycles. The van der Waals surface area contributed by atoms with E-state index in [2.05, 4.69) is 15.6 Å². The Labute approximate surface area is 189 Å². The van der Waals surface area contributed by atoms with E-state index in [4.69, 9.17) is 9.15 Å². The van der Waals surface area contributed by atoms with E-state index in [1.165, 1.54) is 0 Å². The maximum atomic E-state index is 13.9. The Morgan fingerprint density at radius 2 is 2.03 bits per heavy atom. The number of pyridine rings is 1. The van der Waals surface area contributed by atoms with Gasteiger partial charge in [0.05, 0.1) is 17.7 Å². The van der Waals surface area contributed by atoms with Crippen molar-refractivity contribution >= 4 is 22.6 Å². The van der Waals surface area contributed by atoms with Crippen LogP contribution in [0.15, 0.2) is 65.3 Å². The molecule has 2 aromatic carbocycles. The van der Waals surface area contributed by atoms with E-state index in [1.807, 2.05) is 24.4 Å². The Morgan fingerprint density at radius 3 is 2.82 bits per heavy atom. The van der Waals surface area contributed by atoms with Gasteiger partial charge in [-0.05, 0) is 55.8 Å². The SMILES string of the molecule is Cc1c(C(=O)Nc2ccc(F)cc2F)oc2cccc(OCCCNCc3cccnc3)c12. The predicted molar refractivity (Wildman–Crippen MR) is 121 cm³/mol. The summed E-state index contributed by atoms with van der Waals surface area (Å²) < 4.78 is 38.7. The van der Waals surface area contributed by atoms with Gasteiger partial charge in [-0.1, -0.05) is 12.1 Å². The molecule has 0 bridgehead atoms. The summed E-state index contributed by atoms with van der Waals surface area (Å²) in [5.74, 6) is -1.56. The first-order valence-corrected chi connectivity index (χ1v) is 10.5. The van der Waals surface area contributed by atoms with Gasteiger partial charge in [0.15, 0.2) is 5.76 Å². The maximum Gasteiger partial charge on any atom is 0.291 e. The third-order valence-electron chi connectivity index (χ3n) is 5.11. The van der Waals surface area contributed by atoms with E-state index < -0.39 is 17.5 Å². The number of furan rings is 1. The fourth-order valence-electron chi connectivity index (χ4n) is 3.49. The number of hydrogen-bond acceptors (Lipinski definition) is 5. The molecule has 2 N–H and O–H groups in total. The monoisotopic (exact) mass is 451 g/mol. The lowest BCUT2D eigenvalue weighted by Gasteiger charge is -2.09. The first-order chi connectivity index (χ1) is 16.0. The van der Waals surface area contributed by atoms with Gasteiger partial charge in [0.1, 0.15) is 23.0 Å². The molecule has 0 aliphatic heterocycles. The van der Waals surface area contributed by atoms with Gasteiger partial charge in [-0.2, -0.15) is 0 Å². The number of aromatic nitrogens is 1. The van der Waals surface area contributed by atoms with Crippen LogP contribution in [0.5, 0.6) is 5.75 Å². The molecule has 8 heteroatoms. The Morgan fingerprint density at radius 1 is 1.15 bits per heavy atom. The second-order valence-electron chi connectivity index (χ2n) is 7.50. The molecule has 0 saturated carbocycles. The molecule has 170 valence electrons. The number of aryl methyl sites for hydroxylation is 1. The summed E-state index contributed by atoms with van der Waals surface area (Å²) in [4.78, 5) is 16.8. The van der Waals surface area contributed by atoms with Crippen molar-refractivity contribution < 1.29 is 22.7 Å². The van der Waals surface area contributed by atoms with Crippen LogP contribution in [-0.2, 0) is 6.54 Å². The molecule has 0 fully saturated rings. The third-order valence-corrected chi connectivity index (χ3v) is 5.11. The first kappa shape index (κ1) is 22.4. The number of carbonyl (C=O) groups is 1. The Kier molecular flexibility index (Phi) is 6.95. The summed E-state index contributed by atoms with van der Waals surface area (Å²) in [6, 6.07) is 12.2. The summed E-state index contributed by atoms with van der Waals surface area (Å²) >= 11 is 0. The van der Waals surface area contributed by atoms with Gasteiger partial charge in [0.2, 0.25) is 0 Å². The summed E-state index contributed by atoms with van der Waals surface area (Å²) in [5.41, 5.74) is 2.06. The van der Waals surface area contributed by atoms with Crippen LogP contribution in [0.4, 0.5) is 14.5 Å². The molecule has 4 aromatic rings. The second kappa shape index (κ2) is 10.2. The molecule has 0 atom stereocenters. The molecule has 0 saturated heterocycles. The number of hydrogen-bond donors (Lipinski definition) is 2. The lowest BCUT2D eigenvalue weighted by atomic mass is 10.1. The number of benzene rings is 2. The van der Waals surface area contributed by atoms with Crippen molar-refractivity contribution in [1.82, 2.24) is 10.3 Å². The average Bonchev–Trinajstić information content (AvgIpc) is 3.16. The maximum absolute atomic E-state index is 13.9. The molecule has 0 radical (unpaired) electrons. The number of ether oxygens (including phenoxy) is 1. The minimum atomic E-state index is -0.863. The van der Waals surface area contributed by atoms with Gasteiger partial charge < -0.3 is 19.8 Å².